The summed E-state index contributed by atoms with van der Waals surface area (Å²) in [6, 6.07) is 11.9. The minimum atomic E-state index is -3.67. The molecule has 0 aromatic heterocycles. The molecule has 0 aliphatic heterocycles. The summed E-state index contributed by atoms with van der Waals surface area (Å²) in [5.41, 5.74) is 1.69. The van der Waals surface area contributed by atoms with Crippen molar-refractivity contribution in [3.63, 3.8) is 0 Å². The van der Waals surface area contributed by atoms with E-state index in [-0.39, 0.29) is 4.90 Å². The number of hydrogen-bond donors (Lipinski definition) is 1. The monoisotopic (exact) mass is 382 g/mol. The highest BCUT2D eigenvalue weighted by Crippen LogP contribution is 2.20. The Bertz CT molecular complexity index is 787. The number of aryl methyl sites for hydroxylation is 1. The molecule has 22 heavy (non-hydrogen) atoms. The molecule has 2 aromatic carbocycles. The number of sulfonamides is 1. The van der Waals surface area contributed by atoms with Gasteiger partial charge in [0.25, 0.3) is 10.0 Å². The normalized spacial score (nSPS) is 11.6. The van der Waals surface area contributed by atoms with Gasteiger partial charge in [-0.3, -0.25) is 0 Å². The second-order valence-corrected chi connectivity index (χ2v) is 7.07. The lowest BCUT2D eigenvalue weighted by Gasteiger charge is -2.05. The summed E-state index contributed by atoms with van der Waals surface area (Å²) in [5.74, 6) is 0.658. The number of hydrogen-bond acceptors (Lipinski definition) is 4. The van der Waals surface area contributed by atoms with E-state index in [2.05, 4.69) is 25.9 Å². The van der Waals surface area contributed by atoms with Crippen LogP contribution in [0.4, 0.5) is 0 Å². The topological polar surface area (TPSA) is 67.8 Å². The molecule has 0 amide bonds. The predicted molar refractivity (Wildman–Crippen MR) is 89.8 cm³/mol. The van der Waals surface area contributed by atoms with E-state index in [0.29, 0.717) is 11.3 Å². The first-order chi connectivity index (χ1) is 10.4. The Morgan fingerprint density at radius 1 is 1.18 bits per heavy atom. The Kier molecular flexibility index (Phi) is 5.20. The summed E-state index contributed by atoms with van der Waals surface area (Å²) in [5, 5.41) is 3.80. The summed E-state index contributed by atoms with van der Waals surface area (Å²) in [4.78, 5) is 2.35. The van der Waals surface area contributed by atoms with E-state index in [4.69, 9.17) is 4.74 Å². The molecule has 0 radical (unpaired) electrons. The summed E-state index contributed by atoms with van der Waals surface area (Å²) in [6.45, 7) is 1.89. The Morgan fingerprint density at radius 3 is 2.50 bits per heavy atom. The molecule has 7 heteroatoms. The molecular formula is C15H15BrN2O3S. The summed E-state index contributed by atoms with van der Waals surface area (Å²) in [6.07, 6.45) is 1.42. The van der Waals surface area contributed by atoms with Crippen molar-refractivity contribution < 1.29 is 13.2 Å². The second kappa shape index (κ2) is 6.93. The molecule has 5 nitrogen and oxygen atoms in total. The molecule has 0 unspecified atom stereocenters. The van der Waals surface area contributed by atoms with Crippen molar-refractivity contribution in [3.05, 3.63) is 58.1 Å². The molecule has 0 fully saturated rings. The Labute approximate surface area is 138 Å². The van der Waals surface area contributed by atoms with Crippen LogP contribution in [0.5, 0.6) is 5.75 Å². The molecule has 116 valence electrons. The zero-order valence-corrected chi connectivity index (χ0v) is 14.5. The average molecular weight is 383 g/mol. The van der Waals surface area contributed by atoms with E-state index in [1.54, 1.807) is 37.4 Å². The first-order valence-corrected chi connectivity index (χ1v) is 8.65. The van der Waals surface area contributed by atoms with Crippen molar-refractivity contribution >= 4 is 32.2 Å². The molecule has 0 aliphatic rings. The van der Waals surface area contributed by atoms with Gasteiger partial charge < -0.3 is 4.74 Å². The van der Waals surface area contributed by atoms with Gasteiger partial charge in [0.15, 0.2) is 0 Å². The van der Waals surface area contributed by atoms with Crippen molar-refractivity contribution in [2.75, 3.05) is 7.11 Å². The quantitative estimate of drug-likeness (QED) is 0.638. The molecule has 0 atom stereocenters. The van der Waals surface area contributed by atoms with Crippen LogP contribution in [0.25, 0.3) is 0 Å². The third-order valence-electron chi connectivity index (χ3n) is 2.91. The first kappa shape index (κ1) is 16.5. The maximum Gasteiger partial charge on any atom is 0.276 e. The van der Waals surface area contributed by atoms with Gasteiger partial charge in [-0.05, 0) is 37.3 Å². The zero-order valence-electron chi connectivity index (χ0n) is 12.1. The van der Waals surface area contributed by atoms with Crippen molar-refractivity contribution in [1.29, 1.82) is 0 Å². The van der Waals surface area contributed by atoms with Crippen molar-refractivity contribution in [2.45, 2.75) is 11.8 Å². The van der Waals surface area contributed by atoms with Gasteiger partial charge >= 0.3 is 0 Å². The summed E-state index contributed by atoms with van der Waals surface area (Å²) >= 11 is 3.37. The van der Waals surface area contributed by atoms with Crippen LogP contribution in [0, 0.1) is 6.92 Å². The van der Waals surface area contributed by atoms with Gasteiger partial charge in [-0.25, -0.2) is 4.83 Å². The van der Waals surface area contributed by atoms with Crippen LogP contribution in [-0.4, -0.2) is 21.7 Å². The number of ether oxygens (including phenoxy) is 1. The number of rotatable bonds is 5. The second-order valence-electron chi connectivity index (χ2n) is 4.55. The lowest BCUT2D eigenvalue weighted by Crippen LogP contribution is -2.18. The van der Waals surface area contributed by atoms with Crippen molar-refractivity contribution in [3.8, 4) is 5.75 Å². The Hall–Kier alpha value is -1.86. The molecule has 1 N–H and O–H groups in total. The lowest BCUT2D eigenvalue weighted by atomic mass is 10.2. The maximum absolute atomic E-state index is 12.1. The standard InChI is InChI=1S/C15H15BrN2O3S/c1-11-3-6-14(7-4-11)22(19,20)18-17-10-12-9-13(21-2)5-8-15(12)16/h3-10,18H,1-2H3/b17-10+. The molecule has 0 aliphatic carbocycles. The highest BCUT2D eigenvalue weighted by atomic mass is 79.9. The van der Waals surface area contributed by atoms with Crippen LogP contribution in [0.1, 0.15) is 11.1 Å². The van der Waals surface area contributed by atoms with E-state index < -0.39 is 10.0 Å². The van der Waals surface area contributed by atoms with Crippen LogP contribution in [-0.2, 0) is 10.0 Å². The van der Waals surface area contributed by atoms with Gasteiger partial charge in [-0.1, -0.05) is 33.6 Å². The third-order valence-corrected chi connectivity index (χ3v) is 4.87. The number of nitrogens with zero attached hydrogens (tertiary/aromatic N) is 1. The molecule has 0 heterocycles. The van der Waals surface area contributed by atoms with E-state index in [9.17, 15) is 8.42 Å². The largest absolute Gasteiger partial charge is 0.497 e. The number of methoxy groups -OCH3 is 1. The fraction of sp³-hybridized carbons (Fsp3) is 0.133. The van der Waals surface area contributed by atoms with E-state index in [1.807, 2.05) is 6.92 Å². The molecule has 0 spiro atoms. The fourth-order valence-electron chi connectivity index (χ4n) is 1.68. The van der Waals surface area contributed by atoms with Gasteiger partial charge in [-0.15, -0.1) is 0 Å². The van der Waals surface area contributed by atoms with Gasteiger partial charge in [0.05, 0.1) is 18.2 Å². The van der Waals surface area contributed by atoms with Crippen molar-refractivity contribution in [1.82, 2.24) is 4.83 Å². The minimum Gasteiger partial charge on any atom is -0.497 e. The number of nitrogens with one attached hydrogen (secondary N) is 1. The van der Waals surface area contributed by atoms with Gasteiger partial charge in [0, 0.05) is 10.0 Å². The van der Waals surface area contributed by atoms with Gasteiger partial charge in [-0.2, -0.15) is 13.5 Å². The van der Waals surface area contributed by atoms with Crippen LogP contribution in [0.2, 0.25) is 0 Å². The molecule has 2 rings (SSSR count). The summed E-state index contributed by atoms with van der Waals surface area (Å²) < 4.78 is 30.1. The highest BCUT2D eigenvalue weighted by molar-refractivity contribution is 9.10. The van der Waals surface area contributed by atoms with E-state index in [0.717, 1.165) is 10.0 Å². The average Bonchev–Trinajstić information content (AvgIpc) is 2.49. The van der Waals surface area contributed by atoms with Gasteiger partial charge in [0.2, 0.25) is 0 Å². The van der Waals surface area contributed by atoms with E-state index >= 15 is 0 Å². The zero-order chi connectivity index (χ0) is 16.2. The molecule has 0 saturated heterocycles. The molecule has 2 aromatic rings. The number of hydrazone groups is 1. The first-order valence-electron chi connectivity index (χ1n) is 6.37. The fourth-order valence-corrected chi connectivity index (χ4v) is 2.82. The SMILES string of the molecule is COc1ccc(Br)c(/C=N/NS(=O)(=O)c2ccc(C)cc2)c1. The third kappa shape index (κ3) is 4.08. The minimum absolute atomic E-state index is 0.167. The predicted octanol–water partition coefficient (Wildman–Crippen LogP) is 3.08. The molecule has 0 saturated carbocycles. The molecular weight excluding hydrogens is 368 g/mol. The summed E-state index contributed by atoms with van der Waals surface area (Å²) in [7, 11) is -2.11. The Morgan fingerprint density at radius 2 is 1.86 bits per heavy atom. The van der Waals surface area contributed by atoms with Crippen LogP contribution >= 0.6 is 15.9 Å². The van der Waals surface area contributed by atoms with Gasteiger partial charge in [0.1, 0.15) is 5.75 Å². The van der Waals surface area contributed by atoms with Crippen LogP contribution in [0.15, 0.2) is 56.9 Å². The Balaban J connectivity index is 2.16. The van der Waals surface area contributed by atoms with Crippen LogP contribution in [0.3, 0.4) is 0 Å². The number of benzene rings is 2. The van der Waals surface area contributed by atoms with Crippen molar-refractivity contribution in [2.24, 2.45) is 5.10 Å². The number of halogens is 1. The highest BCUT2D eigenvalue weighted by Gasteiger charge is 2.11. The van der Waals surface area contributed by atoms with E-state index in [1.165, 1.54) is 18.3 Å². The lowest BCUT2D eigenvalue weighted by molar-refractivity contribution is 0.414. The molecule has 0 bridgehead atoms. The van der Waals surface area contributed by atoms with Crippen LogP contribution < -0.4 is 9.57 Å². The maximum atomic E-state index is 12.1. The smallest absolute Gasteiger partial charge is 0.276 e.